The highest BCUT2D eigenvalue weighted by atomic mass is 32.1. The second kappa shape index (κ2) is 11.3. The number of benzene rings is 1. The number of nitrogens with zero attached hydrogens (tertiary/aromatic N) is 4. The molecular formula is C25H31N5O3S. The monoisotopic (exact) mass is 481 g/mol. The summed E-state index contributed by atoms with van der Waals surface area (Å²) in [6, 6.07) is 11.6. The predicted octanol–water partition coefficient (Wildman–Crippen LogP) is 3.98. The van der Waals surface area contributed by atoms with Crippen LogP contribution in [0.4, 0.5) is 10.8 Å². The van der Waals surface area contributed by atoms with Crippen LogP contribution < -0.4 is 5.32 Å². The van der Waals surface area contributed by atoms with Crippen LogP contribution in [0.15, 0.2) is 52.5 Å². The van der Waals surface area contributed by atoms with E-state index >= 15 is 0 Å². The first kappa shape index (κ1) is 24.0. The SMILES string of the molecule is CCN1CCN(C(=O)CCN(Cc2ccco2)C(=O)c2csc(Nc3cccc(C)c3)n2)CC1. The maximum atomic E-state index is 13.3. The van der Waals surface area contributed by atoms with Crippen molar-refractivity contribution in [2.24, 2.45) is 0 Å². The summed E-state index contributed by atoms with van der Waals surface area (Å²) in [5.41, 5.74) is 2.42. The number of amides is 2. The van der Waals surface area contributed by atoms with Gasteiger partial charge in [0.1, 0.15) is 11.5 Å². The van der Waals surface area contributed by atoms with Gasteiger partial charge in [-0.3, -0.25) is 9.59 Å². The van der Waals surface area contributed by atoms with Crippen molar-refractivity contribution in [3.8, 4) is 0 Å². The molecule has 0 spiro atoms. The van der Waals surface area contributed by atoms with E-state index in [9.17, 15) is 9.59 Å². The molecule has 0 bridgehead atoms. The van der Waals surface area contributed by atoms with Crippen molar-refractivity contribution >= 4 is 34.0 Å². The third-order valence-electron chi connectivity index (χ3n) is 5.97. The molecule has 0 saturated carbocycles. The standard InChI is InChI=1S/C25H31N5O3S/c1-3-28-11-13-29(14-12-28)23(31)9-10-30(17-21-8-5-15-33-21)24(32)22-18-34-25(27-22)26-20-7-4-6-19(2)16-20/h4-8,15-16,18H,3,9-14,17H2,1-2H3,(H,26,27). The highest BCUT2D eigenvalue weighted by molar-refractivity contribution is 7.14. The lowest BCUT2D eigenvalue weighted by Crippen LogP contribution is -2.49. The van der Waals surface area contributed by atoms with E-state index in [1.807, 2.05) is 42.2 Å². The molecule has 0 aliphatic carbocycles. The predicted molar refractivity (Wildman–Crippen MR) is 133 cm³/mol. The van der Waals surface area contributed by atoms with Crippen molar-refractivity contribution in [2.45, 2.75) is 26.8 Å². The zero-order valence-electron chi connectivity index (χ0n) is 19.7. The lowest BCUT2D eigenvalue weighted by Gasteiger charge is -2.34. The molecule has 2 aromatic heterocycles. The average Bonchev–Trinajstić information content (AvgIpc) is 3.53. The van der Waals surface area contributed by atoms with Crippen LogP contribution in [0.5, 0.6) is 0 Å². The molecule has 0 radical (unpaired) electrons. The first-order valence-electron chi connectivity index (χ1n) is 11.6. The average molecular weight is 482 g/mol. The number of thiazole rings is 1. The number of aromatic nitrogens is 1. The summed E-state index contributed by atoms with van der Waals surface area (Å²) in [6.07, 6.45) is 1.86. The summed E-state index contributed by atoms with van der Waals surface area (Å²) >= 11 is 1.38. The molecule has 180 valence electrons. The van der Waals surface area contributed by atoms with E-state index in [0.29, 0.717) is 29.7 Å². The van der Waals surface area contributed by atoms with Crippen LogP contribution in [-0.4, -0.2) is 70.8 Å². The van der Waals surface area contributed by atoms with Crippen molar-refractivity contribution < 1.29 is 14.0 Å². The second-order valence-corrected chi connectivity index (χ2v) is 9.26. The van der Waals surface area contributed by atoms with Crippen LogP contribution in [0.25, 0.3) is 0 Å². The van der Waals surface area contributed by atoms with Gasteiger partial charge in [0.25, 0.3) is 5.91 Å². The number of furan rings is 1. The van der Waals surface area contributed by atoms with Crippen LogP contribution in [0.2, 0.25) is 0 Å². The van der Waals surface area contributed by atoms with Crippen molar-refractivity contribution in [3.63, 3.8) is 0 Å². The molecule has 9 heteroatoms. The molecule has 0 atom stereocenters. The summed E-state index contributed by atoms with van der Waals surface area (Å²) < 4.78 is 5.47. The minimum atomic E-state index is -0.214. The molecule has 2 amide bonds. The van der Waals surface area contributed by atoms with Crippen LogP contribution in [0.1, 0.15) is 35.2 Å². The molecule has 1 aliphatic rings. The fourth-order valence-corrected chi connectivity index (χ4v) is 4.69. The third kappa shape index (κ3) is 6.24. The van der Waals surface area contributed by atoms with Crippen LogP contribution >= 0.6 is 11.3 Å². The molecule has 3 heterocycles. The summed E-state index contributed by atoms with van der Waals surface area (Å²) in [7, 11) is 0. The number of anilines is 2. The lowest BCUT2D eigenvalue weighted by atomic mass is 10.2. The van der Waals surface area contributed by atoms with Crippen molar-refractivity contribution in [3.05, 3.63) is 65.1 Å². The van der Waals surface area contributed by atoms with E-state index < -0.39 is 0 Å². The van der Waals surface area contributed by atoms with Gasteiger partial charge in [0.05, 0.1) is 12.8 Å². The number of likely N-dealkylation sites (N-methyl/N-ethyl adjacent to an activating group) is 1. The molecule has 0 unspecified atom stereocenters. The van der Waals surface area contributed by atoms with E-state index in [-0.39, 0.29) is 18.2 Å². The van der Waals surface area contributed by atoms with Gasteiger partial charge in [-0.05, 0) is 43.3 Å². The minimum Gasteiger partial charge on any atom is -0.467 e. The van der Waals surface area contributed by atoms with Gasteiger partial charge in [0, 0.05) is 50.2 Å². The number of hydrogen-bond donors (Lipinski definition) is 1. The third-order valence-corrected chi connectivity index (χ3v) is 6.73. The van der Waals surface area contributed by atoms with Gasteiger partial charge in [-0.25, -0.2) is 4.98 Å². The highest BCUT2D eigenvalue weighted by Gasteiger charge is 2.24. The highest BCUT2D eigenvalue weighted by Crippen LogP contribution is 2.23. The fraction of sp³-hybridized carbons (Fsp3) is 0.400. The molecule has 8 nitrogen and oxygen atoms in total. The van der Waals surface area contributed by atoms with Crippen LogP contribution in [-0.2, 0) is 11.3 Å². The lowest BCUT2D eigenvalue weighted by molar-refractivity contribution is -0.133. The molecule has 3 aromatic rings. The van der Waals surface area contributed by atoms with Crippen molar-refractivity contribution in [1.29, 1.82) is 0 Å². The Hall–Kier alpha value is -3.17. The Morgan fingerprint density at radius 2 is 2.00 bits per heavy atom. The summed E-state index contributed by atoms with van der Waals surface area (Å²) in [5, 5.41) is 5.66. The van der Waals surface area contributed by atoms with E-state index in [1.54, 1.807) is 22.6 Å². The Bertz CT molecular complexity index is 1090. The molecule has 1 fully saturated rings. The fourth-order valence-electron chi connectivity index (χ4n) is 3.98. The minimum absolute atomic E-state index is 0.0769. The van der Waals surface area contributed by atoms with Gasteiger partial charge in [-0.2, -0.15) is 0 Å². The maximum Gasteiger partial charge on any atom is 0.273 e. The Kier molecular flexibility index (Phi) is 7.97. The van der Waals surface area contributed by atoms with E-state index in [1.165, 1.54) is 11.3 Å². The first-order chi connectivity index (χ1) is 16.5. The van der Waals surface area contributed by atoms with E-state index in [4.69, 9.17) is 4.42 Å². The topological polar surface area (TPSA) is 81.9 Å². The molecule has 34 heavy (non-hydrogen) atoms. The Morgan fingerprint density at radius 3 is 2.71 bits per heavy atom. The Morgan fingerprint density at radius 1 is 1.18 bits per heavy atom. The maximum absolute atomic E-state index is 13.3. The zero-order valence-corrected chi connectivity index (χ0v) is 20.5. The Balaban J connectivity index is 1.40. The largest absolute Gasteiger partial charge is 0.467 e. The van der Waals surface area contributed by atoms with Gasteiger partial charge in [0.2, 0.25) is 5.91 Å². The van der Waals surface area contributed by atoms with Crippen LogP contribution in [0.3, 0.4) is 0 Å². The number of carbonyl (C=O) groups excluding carboxylic acids is 2. The summed E-state index contributed by atoms with van der Waals surface area (Å²) in [4.78, 5) is 36.5. The number of piperazine rings is 1. The molecule has 1 aliphatic heterocycles. The summed E-state index contributed by atoms with van der Waals surface area (Å²) in [5.74, 6) is 0.535. The van der Waals surface area contributed by atoms with Gasteiger partial charge in [-0.15, -0.1) is 11.3 Å². The summed E-state index contributed by atoms with van der Waals surface area (Å²) in [6.45, 7) is 9.03. The van der Waals surface area contributed by atoms with Gasteiger partial charge < -0.3 is 24.4 Å². The van der Waals surface area contributed by atoms with E-state index in [0.717, 1.165) is 44.0 Å². The normalized spacial score (nSPS) is 14.2. The molecule has 1 aromatic carbocycles. The number of hydrogen-bond acceptors (Lipinski definition) is 7. The van der Waals surface area contributed by atoms with Crippen LogP contribution in [0, 0.1) is 6.92 Å². The van der Waals surface area contributed by atoms with Gasteiger partial charge in [-0.1, -0.05) is 19.1 Å². The molecule has 4 rings (SSSR count). The van der Waals surface area contributed by atoms with Crippen molar-refractivity contribution in [1.82, 2.24) is 19.7 Å². The Labute approximate surface area is 204 Å². The molecular weight excluding hydrogens is 450 g/mol. The molecule has 1 N–H and O–H groups in total. The second-order valence-electron chi connectivity index (χ2n) is 8.40. The van der Waals surface area contributed by atoms with E-state index in [2.05, 4.69) is 22.1 Å². The quantitative estimate of drug-likeness (QED) is 0.498. The zero-order chi connectivity index (χ0) is 23.9. The number of nitrogens with one attached hydrogen (secondary N) is 1. The first-order valence-corrected chi connectivity index (χ1v) is 12.5. The number of carbonyl (C=O) groups is 2. The van der Waals surface area contributed by atoms with Crippen molar-refractivity contribution in [2.75, 3.05) is 44.6 Å². The van der Waals surface area contributed by atoms with Gasteiger partial charge >= 0.3 is 0 Å². The number of rotatable bonds is 9. The smallest absolute Gasteiger partial charge is 0.273 e. The molecule has 1 saturated heterocycles. The number of aryl methyl sites for hydroxylation is 1. The van der Waals surface area contributed by atoms with Gasteiger partial charge in [0.15, 0.2) is 5.13 Å².